The van der Waals surface area contributed by atoms with E-state index in [1.54, 1.807) is 0 Å². The molecule has 1 fully saturated rings. The van der Waals surface area contributed by atoms with E-state index in [0.717, 1.165) is 51.9 Å². The van der Waals surface area contributed by atoms with Crippen LogP contribution in [0.15, 0.2) is 24.3 Å². The quantitative estimate of drug-likeness (QED) is 0.874. The van der Waals surface area contributed by atoms with Crippen molar-refractivity contribution < 1.29 is 4.79 Å². The molecule has 2 aliphatic rings. The van der Waals surface area contributed by atoms with Crippen LogP contribution in [-0.2, 0) is 17.6 Å². The summed E-state index contributed by atoms with van der Waals surface area (Å²) in [5.74, 6) is 0.902. The SMILES string of the molecule is O=C(CC1CCNC1)N1CCc2ccccc2CC1. The lowest BCUT2D eigenvalue weighted by atomic mass is 10.0. The predicted molar refractivity (Wildman–Crippen MR) is 76.0 cm³/mol. The first-order chi connectivity index (χ1) is 9.33. The molecule has 0 saturated carbocycles. The van der Waals surface area contributed by atoms with Gasteiger partial charge in [-0.3, -0.25) is 4.79 Å². The number of rotatable bonds is 2. The van der Waals surface area contributed by atoms with Crippen molar-refractivity contribution in [3.63, 3.8) is 0 Å². The lowest BCUT2D eigenvalue weighted by Gasteiger charge is -2.21. The normalized spacial score (nSPS) is 22.9. The van der Waals surface area contributed by atoms with E-state index in [9.17, 15) is 4.79 Å². The van der Waals surface area contributed by atoms with Crippen molar-refractivity contribution in [3.8, 4) is 0 Å². The van der Waals surface area contributed by atoms with Gasteiger partial charge in [-0.05, 0) is 49.4 Å². The van der Waals surface area contributed by atoms with E-state index < -0.39 is 0 Å². The standard InChI is InChI=1S/C16H22N2O/c19-16(11-13-5-8-17-12-13)18-9-6-14-3-1-2-4-15(14)7-10-18/h1-4,13,17H,5-12H2. The van der Waals surface area contributed by atoms with Crippen molar-refractivity contribution in [1.82, 2.24) is 10.2 Å². The molecule has 3 nitrogen and oxygen atoms in total. The third-order valence-corrected chi connectivity index (χ3v) is 4.40. The van der Waals surface area contributed by atoms with Gasteiger partial charge in [0, 0.05) is 19.5 Å². The first kappa shape index (κ1) is 12.7. The molecule has 1 atom stereocenters. The average Bonchev–Trinajstić information content (AvgIpc) is 2.83. The largest absolute Gasteiger partial charge is 0.342 e. The molecular weight excluding hydrogens is 236 g/mol. The fourth-order valence-corrected chi connectivity index (χ4v) is 3.18. The molecular formula is C16H22N2O. The first-order valence-corrected chi connectivity index (χ1v) is 7.38. The Bertz CT molecular complexity index is 425. The van der Waals surface area contributed by atoms with Gasteiger partial charge in [0.2, 0.25) is 5.91 Å². The Balaban J connectivity index is 1.60. The molecule has 0 spiro atoms. The Morgan fingerprint density at radius 3 is 2.47 bits per heavy atom. The van der Waals surface area contributed by atoms with Gasteiger partial charge in [-0.25, -0.2) is 0 Å². The predicted octanol–water partition coefficient (Wildman–Crippen LogP) is 1.61. The summed E-state index contributed by atoms with van der Waals surface area (Å²) in [6.45, 7) is 3.86. The minimum atomic E-state index is 0.349. The lowest BCUT2D eigenvalue weighted by molar-refractivity contribution is -0.132. The van der Waals surface area contributed by atoms with E-state index in [1.165, 1.54) is 11.1 Å². The number of amides is 1. The van der Waals surface area contributed by atoms with Crippen LogP contribution in [0.4, 0.5) is 0 Å². The fourth-order valence-electron chi connectivity index (χ4n) is 3.18. The lowest BCUT2D eigenvalue weighted by Crippen LogP contribution is -2.34. The zero-order chi connectivity index (χ0) is 13.1. The van der Waals surface area contributed by atoms with E-state index in [-0.39, 0.29) is 0 Å². The van der Waals surface area contributed by atoms with Crippen LogP contribution < -0.4 is 5.32 Å². The van der Waals surface area contributed by atoms with Crippen LogP contribution in [0.3, 0.4) is 0 Å². The number of fused-ring (bicyclic) bond motifs is 1. The van der Waals surface area contributed by atoms with E-state index in [0.29, 0.717) is 11.8 Å². The summed E-state index contributed by atoms with van der Waals surface area (Å²) in [5, 5.41) is 3.34. The Kier molecular flexibility index (Phi) is 3.83. The van der Waals surface area contributed by atoms with Crippen molar-refractivity contribution >= 4 is 5.91 Å². The minimum Gasteiger partial charge on any atom is -0.342 e. The summed E-state index contributed by atoms with van der Waals surface area (Å²) >= 11 is 0. The van der Waals surface area contributed by atoms with Crippen LogP contribution in [-0.4, -0.2) is 37.0 Å². The summed E-state index contributed by atoms with van der Waals surface area (Å²) in [5.41, 5.74) is 2.83. The summed E-state index contributed by atoms with van der Waals surface area (Å²) in [6, 6.07) is 8.59. The van der Waals surface area contributed by atoms with Gasteiger partial charge in [0.1, 0.15) is 0 Å². The third kappa shape index (κ3) is 2.98. The molecule has 3 heteroatoms. The second-order valence-corrected chi connectivity index (χ2v) is 5.71. The summed E-state index contributed by atoms with van der Waals surface area (Å²) in [4.78, 5) is 14.4. The van der Waals surface area contributed by atoms with Gasteiger partial charge < -0.3 is 10.2 Å². The molecule has 0 aromatic heterocycles. The van der Waals surface area contributed by atoms with Crippen LogP contribution >= 0.6 is 0 Å². The Hall–Kier alpha value is -1.35. The molecule has 2 aliphatic heterocycles. The molecule has 102 valence electrons. The average molecular weight is 258 g/mol. The van der Waals surface area contributed by atoms with Gasteiger partial charge in [0.25, 0.3) is 0 Å². The number of carbonyl (C=O) groups excluding carboxylic acids is 1. The number of carbonyl (C=O) groups is 1. The highest BCUT2D eigenvalue weighted by Crippen LogP contribution is 2.18. The van der Waals surface area contributed by atoms with Crippen LogP contribution in [0, 0.1) is 5.92 Å². The van der Waals surface area contributed by atoms with Crippen LogP contribution in [0.25, 0.3) is 0 Å². The van der Waals surface area contributed by atoms with Crippen molar-refractivity contribution in [3.05, 3.63) is 35.4 Å². The maximum absolute atomic E-state index is 12.4. The fraction of sp³-hybridized carbons (Fsp3) is 0.562. The van der Waals surface area contributed by atoms with E-state index in [4.69, 9.17) is 0 Å². The summed E-state index contributed by atoms with van der Waals surface area (Å²) < 4.78 is 0. The smallest absolute Gasteiger partial charge is 0.222 e. The maximum atomic E-state index is 12.4. The van der Waals surface area contributed by atoms with Crippen molar-refractivity contribution in [1.29, 1.82) is 0 Å². The van der Waals surface area contributed by atoms with Crippen molar-refractivity contribution in [2.24, 2.45) is 5.92 Å². The molecule has 0 aliphatic carbocycles. The van der Waals surface area contributed by atoms with Gasteiger partial charge in [0.05, 0.1) is 0 Å². The van der Waals surface area contributed by atoms with Crippen LogP contribution in [0.2, 0.25) is 0 Å². The van der Waals surface area contributed by atoms with Crippen molar-refractivity contribution in [2.75, 3.05) is 26.2 Å². The van der Waals surface area contributed by atoms with E-state index >= 15 is 0 Å². The molecule has 19 heavy (non-hydrogen) atoms. The number of hydrogen-bond acceptors (Lipinski definition) is 2. The van der Waals surface area contributed by atoms with Gasteiger partial charge in [-0.1, -0.05) is 24.3 Å². The number of hydrogen-bond donors (Lipinski definition) is 1. The van der Waals surface area contributed by atoms with E-state index in [1.807, 2.05) is 0 Å². The van der Waals surface area contributed by atoms with E-state index in [2.05, 4.69) is 34.5 Å². The highest BCUT2D eigenvalue weighted by molar-refractivity contribution is 5.76. The van der Waals surface area contributed by atoms with Crippen molar-refractivity contribution in [2.45, 2.75) is 25.7 Å². The molecule has 1 aromatic carbocycles. The number of benzene rings is 1. The molecule has 1 N–H and O–H groups in total. The van der Waals surface area contributed by atoms with Gasteiger partial charge >= 0.3 is 0 Å². The zero-order valence-electron chi connectivity index (χ0n) is 11.4. The Labute approximate surface area is 115 Å². The second kappa shape index (κ2) is 5.74. The molecule has 0 bridgehead atoms. The molecule has 0 radical (unpaired) electrons. The van der Waals surface area contributed by atoms with Gasteiger partial charge in [0.15, 0.2) is 0 Å². The molecule has 1 aromatic rings. The minimum absolute atomic E-state index is 0.349. The van der Waals surface area contributed by atoms with Crippen LogP contribution in [0.1, 0.15) is 24.0 Å². The Morgan fingerprint density at radius 1 is 1.21 bits per heavy atom. The monoisotopic (exact) mass is 258 g/mol. The molecule has 1 unspecified atom stereocenters. The second-order valence-electron chi connectivity index (χ2n) is 5.71. The number of nitrogens with one attached hydrogen (secondary N) is 1. The summed E-state index contributed by atoms with van der Waals surface area (Å²) in [7, 11) is 0. The molecule has 2 heterocycles. The van der Waals surface area contributed by atoms with Crippen LogP contribution in [0.5, 0.6) is 0 Å². The van der Waals surface area contributed by atoms with Gasteiger partial charge in [-0.2, -0.15) is 0 Å². The highest BCUT2D eigenvalue weighted by atomic mass is 16.2. The third-order valence-electron chi connectivity index (χ3n) is 4.40. The molecule has 3 rings (SSSR count). The zero-order valence-corrected chi connectivity index (χ0v) is 11.4. The summed E-state index contributed by atoms with van der Waals surface area (Å²) in [6.07, 6.45) is 3.89. The molecule has 1 saturated heterocycles. The maximum Gasteiger partial charge on any atom is 0.222 e. The van der Waals surface area contributed by atoms with Gasteiger partial charge in [-0.15, -0.1) is 0 Å². The number of nitrogens with zero attached hydrogens (tertiary/aromatic N) is 1. The highest BCUT2D eigenvalue weighted by Gasteiger charge is 2.23. The molecule has 1 amide bonds. The first-order valence-electron chi connectivity index (χ1n) is 7.38. The Morgan fingerprint density at radius 2 is 1.89 bits per heavy atom. The topological polar surface area (TPSA) is 32.3 Å².